The first kappa shape index (κ1) is 20.6. The molecule has 0 aliphatic heterocycles. The molecule has 0 saturated carbocycles. The first-order valence-electron chi connectivity index (χ1n) is 7.79. The highest BCUT2D eigenvalue weighted by Gasteiger charge is 2.19. The highest BCUT2D eigenvalue weighted by atomic mass is 79.9. The van der Waals surface area contributed by atoms with Crippen LogP contribution in [0.1, 0.15) is 27.9 Å². The van der Waals surface area contributed by atoms with Crippen LogP contribution in [0.4, 0.5) is 4.39 Å². The van der Waals surface area contributed by atoms with Crippen LogP contribution in [0.3, 0.4) is 0 Å². The number of aliphatic hydroxyl groups is 2. The van der Waals surface area contributed by atoms with E-state index in [4.69, 9.17) is 27.2 Å². The molecule has 2 aromatic rings. The van der Waals surface area contributed by atoms with Gasteiger partial charge >= 0.3 is 0 Å². The Kier molecular flexibility index (Phi) is 7.40. The zero-order valence-corrected chi connectivity index (χ0v) is 16.1. The van der Waals surface area contributed by atoms with Gasteiger partial charge < -0.3 is 20.7 Å². The fourth-order valence-corrected chi connectivity index (χ4v) is 3.18. The minimum absolute atomic E-state index is 0.00845. The summed E-state index contributed by atoms with van der Waals surface area (Å²) in [6.07, 6.45) is -0.640. The number of primary amides is 1. The SMILES string of the molecule is NC(=O)c1c(Cc2ccc(Br)cc2Cl)cc(F)cc1OCC[C@@H](O)CO. The molecular formula is C18H18BrClFNO4. The van der Waals surface area contributed by atoms with Crippen LogP contribution in [-0.2, 0) is 6.42 Å². The Balaban J connectivity index is 2.34. The van der Waals surface area contributed by atoms with E-state index in [0.29, 0.717) is 16.1 Å². The summed E-state index contributed by atoms with van der Waals surface area (Å²) < 4.78 is 20.3. The Labute approximate surface area is 163 Å². The lowest BCUT2D eigenvalue weighted by molar-refractivity contribution is 0.0751. The van der Waals surface area contributed by atoms with Gasteiger partial charge in [-0.3, -0.25) is 4.79 Å². The van der Waals surface area contributed by atoms with Crippen LogP contribution in [-0.4, -0.2) is 35.4 Å². The third kappa shape index (κ3) is 5.41. The number of nitrogens with two attached hydrogens (primary N) is 1. The predicted octanol–water partition coefficient (Wildman–Crippen LogP) is 3.05. The van der Waals surface area contributed by atoms with Crippen LogP contribution < -0.4 is 10.5 Å². The molecule has 0 heterocycles. The molecule has 5 nitrogen and oxygen atoms in total. The Morgan fingerprint density at radius 1 is 1.31 bits per heavy atom. The van der Waals surface area contributed by atoms with Gasteiger partial charge in [0.15, 0.2) is 0 Å². The van der Waals surface area contributed by atoms with E-state index in [2.05, 4.69) is 15.9 Å². The summed E-state index contributed by atoms with van der Waals surface area (Å²) in [7, 11) is 0. The second-order valence-electron chi connectivity index (χ2n) is 5.69. The summed E-state index contributed by atoms with van der Waals surface area (Å²) in [5, 5.41) is 18.6. The van der Waals surface area contributed by atoms with Crippen molar-refractivity contribution in [2.24, 2.45) is 5.73 Å². The highest BCUT2D eigenvalue weighted by Crippen LogP contribution is 2.29. The van der Waals surface area contributed by atoms with Gasteiger partial charge in [0.2, 0.25) is 0 Å². The summed E-state index contributed by atoms with van der Waals surface area (Å²) >= 11 is 9.51. The molecule has 0 spiro atoms. The fraction of sp³-hybridized carbons (Fsp3) is 0.278. The number of carbonyl (C=O) groups excluding carboxylic acids is 1. The van der Waals surface area contributed by atoms with E-state index in [0.717, 1.165) is 10.5 Å². The van der Waals surface area contributed by atoms with Gasteiger partial charge in [-0.2, -0.15) is 0 Å². The van der Waals surface area contributed by atoms with Crippen molar-refractivity contribution in [1.29, 1.82) is 0 Å². The molecule has 2 aromatic carbocycles. The standard InChI is InChI=1S/C18H18BrClFNO4/c19-12-2-1-10(15(20)7-12)5-11-6-13(21)8-16(17(11)18(22)25)26-4-3-14(24)9-23/h1-2,6-8,14,23-24H,3-5,9H2,(H2,22,25)/t14-/m1/s1. The van der Waals surface area contributed by atoms with Gasteiger partial charge in [-0.25, -0.2) is 4.39 Å². The van der Waals surface area contributed by atoms with Gasteiger partial charge in [0.1, 0.15) is 11.6 Å². The van der Waals surface area contributed by atoms with E-state index in [1.165, 1.54) is 6.07 Å². The number of ether oxygens (including phenoxy) is 1. The van der Waals surface area contributed by atoms with E-state index in [1.807, 2.05) is 0 Å². The Hall–Kier alpha value is -1.67. The summed E-state index contributed by atoms with van der Waals surface area (Å²) in [5.74, 6) is -1.35. The van der Waals surface area contributed by atoms with Gasteiger partial charge in [-0.05, 0) is 35.7 Å². The predicted molar refractivity (Wildman–Crippen MR) is 100 cm³/mol. The molecule has 26 heavy (non-hydrogen) atoms. The Morgan fingerprint density at radius 3 is 2.65 bits per heavy atom. The molecule has 2 rings (SSSR count). The zero-order chi connectivity index (χ0) is 19.3. The lowest BCUT2D eigenvalue weighted by atomic mass is 9.98. The number of hydrogen-bond acceptors (Lipinski definition) is 4. The Bertz CT molecular complexity index is 803. The van der Waals surface area contributed by atoms with Crippen LogP contribution in [0.15, 0.2) is 34.8 Å². The number of rotatable bonds is 8. The second kappa shape index (κ2) is 9.32. The third-order valence-corrected chi connectivity index (χ3v) is 4.56. The molecule has 4 N–H and O–H groups in total. The number of aliphatic hydroxyl groups excluding tert-OH is 2. The maximum Gasteiger partial charge on any atom is 0.252 e. The average molecular weight is 447 g/mol. The second-order valence-corrected chi connectivity index (χ2v) is 7.01. The molecule has 0 fully saturated rings. The number of amides is 1. The molecule has 8 heteroatoms. The molecule has 0 saturated heterocycles. The summed E-state index contributed by atoms with van der Waals surface area (Å²) in [4.78, 5) is 11.9. The van der Waals surface area contributed by atoms with Crippen LogP contribution in [0, 0.1) is 5.82 Å². The van der Waals surface area contributed by atoms with Crippen molar-refractivity contribution < 1.29 is 24.1 Å². The maximum atomic E-state index is 14.0. The minimum atomic E-state index is -0.957. The number of carbonyl (C=O) groups is 1. The number of hydrogen-bond donors (Lipinski definition) is 3. The smallest absolute Gasteiger partial charge is 0.252 e. The van der Waals surface area contributed by atoms with E-state index < -0.39 is 24.4 Å². The van der Waals surface area contributed by atoms with Crippen LogP contribution in [0.5, 0.6) is 5.75 Å². The van der Waals surface area contributed by atoms with E-state index >= 15 is 0 Å². The molecule has 0 radical (unpaired) electrons. The largest absolute Gasteiger partial charge is 0.493 e. The van der Waals surface area contributed by atoms with E-state index in [9.17, 15) is 14.3 Å². The molecule has 1 amide bonds. The average Bonchev–Trinajstić information content (AvgIpc) is 2.56. The molecular weight excluding hydrogens is 429 g/mol. The maximum absolute atomic E-state index is 14.0. The minimum Gasteiger partial charge on any atom is -0.493 e. The van der Waals surface area contributed by atoms with Crippen LogP contribution in [0.25, 0.3) is 0 Å². The molecule has 0 aliphatic rings. The van der Waals surface area contributed by atoms with Crippen molar-refractivity contribution in [3.63, 3.8) is 0 Å². The fourth-order valence-electron chi connectivity index (χ4n) is 2.44. The molecule has 1 atom stereocenters. The first-order chi connectivity index (χ1) is 12.3. The zero-order valence-electron chi connectivity index (χ0n) is 13.7. The molecule has 0 bridgehead atoms. The van der Waals surface area contributed by atoms with Gasteiger partial charge in [0, 0.05) is 22.0 Å². The lowest BCUT2D eigenvalue weighted by Gasteiger charge is -2.15. The van der Waals surface area contributed by atoms with Crippen molar-refractivity contribution in [2.45, 2.75) is 18.9 Å². The number of halogens is 3. The third-order valence-electron chi connectivity index (χ3n) is 3.71. The summed E-state index contributed by atoms with van der Waals surface area (Å²) in [6.45, 7) is -0.424. The van der Waals surface area contributed by atoms with Crippen molar-refractivity contribution in [1.82, 2.24) is 0 Å². The summed E-state index contributed by atoms with van der Waals surface area (Å²) in [5.41, 5.74) is 6.57. The first-order valence-corrected chi connectivity index (χ1v) is 8.96. The van der Waals surface area contributed by atoms with Gasteiger partial charge in [-0.1, -0.05) is 33.6 Å². The van der Waals surface area contributed by atoms with Crippen molar-refractivity contribution in [3.05, 3.63) is 62.3 Å². The quantitative estimate of drug-likeness (QED) is 0.581. The normalized spacial score (nSPS) is 12.0. The topological polar surface area (TPSA) is 92.8 Å². The van der Waals surface area contributed by atoms with Gasteiger partial charge in [-0.15, -0.1) is 0 Å². The van der Waals surface area contributed by atoms with Crippen LogP contribution in [0.2, 0.25) is 5.02 Å². The van der Waals surface area contributed by atoms with Crippen molar-refractivity contribution in [3.8, 4) is 5.75 Å². The van der Waals surface area contributed by atoms with E-state index in [-0.39, 0.29) is 30.8 Å². The number of benzene rings is 2. The molecule has 0 aromatic heterocycles. The van der Waals surface area contributed by atoms with Crippen LogP contribution >= 0.6 is 27.5 Å². The lowest BCUT2D eigenvalue weighted by Crippen LogP contribution is -2.19. The highest BCUT2D eigenvalue weighted by molar-refractivity contribution is 9.10. The van der Waals surface area contributed by atoms with Gasteiger partial charge in [0.25, 0.3) is 5.91 Å². The van der Waals surface area contributed by atoms with E-state index in [1.54, 1.807) is 18.2 Å². The monoisotopic (exact) mass is 445 g/mol. The Morgan fingerprint density at radius 2 is 2.04 bits per heavy atom. The van der Waals surface area contributed by atoms with Crippen molar-refractivity contribution >= 4 is 33.4 Å². The van der Waals surface area contributed by atoms with Gasteiger partial charge in [0.05, 0.1) is 24.9 Å². The summed E-state index contributed by atoms with van der Waals surface area (Å²) in [6, 6.07) is 7.54. The van der Waals surface area contributed by atoms with Crippen molar-refractivity contribution in [2.75, 3.05) is 13.2 Å². The molecule has 140 valence electrons. The molecule has 0 aliphatic carbocycles. The molecule has 0 unspecified atom stereocenters.